The minimum absolute atomic E-state index is 0.155. The molecule has 0 aliphatic carbocycles. The lowest BCUT2D eigenvalue weighted by atomic mass is 10.3. The van der Waals surface area contributed by atoms with Gasteiger partial charge >= 0.3 is 0 Å². The van der Waals surface area contributed by atoms with Gasteiger partial charge in [-0.3, -0.25) is 9.48 Å². The number of hydrogen-bond donors (Lipinski definition) is 1. The number of carbonyl (C=O) groups is 1. The highest BCUT2D eigenvalue weighted by Crippen LogP contribution is 2.23. The van der Waals surface area contributed by atoms with Crippen molar-refractivity contribution in [3.63, 3.8) is 0 Å². The third kappa shape index (κ3) is 4.63. The van der Waals surface area contributed by atoms with Crippen molar-refractivity contribution in [3.05, 3.63) is 36.7 Å². The van der Waals surface area contributed by atoms with Crippen molar-refractivity contribution in [1.82, 2.24) is 20.0 Å². The maximum absolute atomic E-state index is 12.0. The Morgan fingerprint density at radius 2 is 2.08 bits per heavy atom. The van der Waals surface area contributed by atoms with Crippen molar-refractivity contribution in [2.45, 2.75) is 25.6 Å². The van der Waals surface area contributed by atoms with Crippen LogP contribution < -0.4 is 10.1 Å². The van der Waals surface area contributed by atoms with Crippen LogP contribution in [-0.4, -0.2) is 38.2 Å². The number of benzene rings is 1. The van der Waals surface area contributed by atoms with Gasteiger partial charge in [0.05, 0.1) is 24.1 Å². The van der Waals surface area contributed by atoms with E-state index >= 15 is 0 Å². The lowest BCUT2D eigenvalue weighted by molar-refractivity contribution is -0.113. The number of nitrogens with one attached hydrogen (secondary N) is 1. The molecule has 0 saturated heterocycles. The quantitative estimate of drug-likeness (QED) is 0.606. The van der Waals surface area contributed by atoms with E-state index in [2.05, 4.69) is 20.6 Å². The number of ether oxygens (including phenoxy) is 1. The summed E-state index contributed by atoms with van der Waals surface area (Å²) in [7, 11) is 0. The van der Waals surface area contributed by atoms with Crippen LogP contribution in [0.2, 0.25) is 0 Å². The zero-order valence-corrected chi connectivity index (χ0v) is 15.3. The highest BCUT2D eigenvalue weighted by atomic mass is 32.2. The van der Waals surface area contributed by atoms with Gasteiger partial charge in [-0.05, 0) is 38.1 Å². The molecule has 26 heavy (non-hydrogen) atoms. The summed E-state index contributed by atoms with van der Waals surface area (Å²) in [4.78, 5) is 12.0. The second-order valence-electron chi connectivity index (χ2n) is 5.25. The number of rotatable bonds is 8. The lowest BCUT2D eigenvalue weighted by Crippen LogP contribution is -2.13. The molecule has 2 heterocycles. The Bertz CT molecular complexity index is 859. The van der Waals surface area contributed by atoms with Crippen molar-refractivity contribution in [3.8, 4) is 17.2 Å². The summed E-state index contributed by atoms with van der Waals surface area (Å²) in [5.74, 6) is 1.17. The highest BCUT2D eigenvalue weighted by molar-refractivity contribution is 7.99. The van der Waals surface area contributed by atoms with Crippen LogP contribution >= 0.6 is 11.8 Å². The van der Waals surface area contributed by atoms with Crippen molar-refractivity contribution in [2.24, 2.45) is 0 Å². The van der Waals surface area contributed by atoms with Gasteiger partial charge in [-0.2, -0.15) is 5.10 Å². The van der Waals surface area contributed by atoms with E-state index in [1.807, 2.05) is 32.2 Å². The smallest absolute Gasteiger partial charge is 0.277 e. The molecule has 2 aromatic heterocycles. The van der Waals surface area contributed by atoms with Crippen molar-refractivity contribution >= 4 is 23.4 Å². The van der Waals surface area contributed by atoms with Crippen LogP contribution in [0.3, 0.4) is 0 Å². The predicted octanol–water partition coefficient (Wildman–Crippen LogP) is 3.08. The molecule has 0 radical (unpaired) electrons. The molecule has 0 aliphatic rings. The van der Waals surface area contributed by atoms with Crippen LogP contribution in [0.1, 0.15) is 13.8 Å². The van der Waals surface area contributed by atoms with Crippen LogP contribution in [0, 0.1) is 0 Å². The standard InChI is InChI=1S/C17H19N5O3S/c1-3-22-10-12(9-18-22)16-20-21-17(25-16)26-11-15(23)19-13-5-7-14(8-6-13)24-4-2/h5-10H,3-4,11H2,1-2H3,(H,19,23). The molecule has 1 N–H and O–H groups in total. The summed E-state index contributed by atoms with van der Waals surface area (Å²) >= 11 is 1.18. The molecule has 0 atom stereocenters. The minimum atomic E-state index is -0.155. The third-order valence-corrected chi connectivity index (χ3v) is 4.20. The van der Waals surface area contributed by atoms with Gasteiger partial charge in [-0.25, -0.2) is 0 Å². The normalized spacial score (nSPS) is 10.7. The SMILES string of the molecule is CCOc1ccc(NC(=O)CSc2nnc(-c3cnn(CC)c3)o2)cc1. The molecule has 0 unspecified atom stereocenters. The first-order valence-electron chi connectivity index (χ1n) is 8.19. The molecule has 3 aromatic rings. The Morgan fingerprint density at radius 3 is 2.77 bits per heavy atom. The summed E-state index contributed by atoms with van der Waals surface area (Å²) in [6.45, 7) is 5.29. The summed E-state index contributed by atoms with van der Waals surface area (Å²) in [6, 6.07) is 7.22. The second kappa shape index (κ2) is 8.52. The largest absolute Gasteiger partial charge is 0.494 e. The zero-order chi connectivity index (χ0) is 18.4. The number of aryl methyl sites for hydroxylation is 1. The minimum Gasteiger partial charge on any atom is -0.494 e. The van der Waals surface area contributed by atoms with E-state index in [1.165, 1.54) is 11.8 Å². The fourth-order valence-corrected chi connectivity index (χ4v) is 2.72. The molecule has 1 amide bonds. The summed E-state index contributed by atoms with van der Waals surface area (Å²) in [5.41, 5.74) is 1.46. The topological polar surface area (TPSA) is 95.1 Å². The summed E-state index contributed by atoms with van der Waals surface area (Å²) in [6.07, 6.45) is 3.50. The van der Waals surface area contributed by atoms with E-state index in [0.717, 1.165) is 17.9 Å². The van der Waals surface area contributed by atoms with Crippen LogP contribution in [0.15, 0.2) is 46.3 Å². The van der Waals surface area contributed by atoms with Gasteiger partial charge in [0.1, 0.15) is 5.75 Å². The van der Waals surface area contributed by atoms with Gasteiger partial charge in [0.15, 0.2) is 0 Å². The molecule has 1 aromatic carbocycles. The van der Waals surface area contributed by atoms with Gasteiger partial charge in [0, 0.05) is 18.4 Å². The molecule has 0 aliphatic heterocycles. The van der Waals surface area contributed by atoms with E-state index in [9.17, 15) is 4.79 Å². The van der Waals surface area contributed by atoms with Crippen LogP contribution in [0.25, 0.3) is 11.5 Å². The third-order valence-electron chi connectivity index (χ3n) is 3.39. The van der Waals surface area contributed by atoms with Gasteiger partial charge in [0.25, 0.3) is 11.1 Å². The maximum atomic E-state index is 12.0. The Kier molecular flexibility index (Phi) is 5.90. The molecule has 8 nitrogen and oxygen atoms in total. The maximum Gasteiger partial charge on any atom is 0.277 e. The zero-order valence-electron chi connectivity index (χ0n) is 14.5. The fraction of sp³-hybridized carbons (Fsp3) is 0.294. The first-order chi connectivity index (χ1) is 12.7. The number of anilines is 1. The molecule has 0 spiro atoms. The van der Waals surface area contributed by atoms with Gasteiger partial charge in [-0.1, -0.05) is 11.8 Å². The van der Waals surface area contributed by atoms with Crippen LogP contribution in [-0.2, 0) is 11.3 Å². The molecule has 0 saturated carbocycles. The molecule has 0 bridgehead atoms. The number of amides is 1. The first kappa shape index (κ1) is 18.0. The van der Waals surface area contributed by atoms with E-state index < -0.39 is 0 Å². The summed E-state index contributed by atoms with van der Waals surface area (Å²) in [5, 5.41) is 15.3. The van der Waals surface area contributed by atoms with E-state index in [1.54, 1.807) is 23.0 Å². The van der Waals surface area contributed by atoms with E-state index in [4.69, 9.17) is 9.15 Å². The Morgan fingerprint density at radius 1 is 1.27 bits per heavy atom. The molecular formula is C17H19N5O3S. The Balaban J connectivity index is 1.51. The first-order valence-corrected chi connectivity index (χ1v) is 9.18. The monoisotopic (exact) mass is 373 g/mol. The van der Waals surface area contributed by atoms with Gasteiger partial charge in [0.2, 0.25) is 5.91 Å². The number of nitrogens with zero attached hydrogens (tertiary/aromatic N) is 4. The highest BCUT2D eigenvalue weighted by Gasteiger charge is 2.12. The summed E-state index contributed by atoms with van der Waals surface area (Å²) < 4.78 is 12.7. The van der Waals surface area contributed by atoms with E-state index in [-0.39, 0.29) is 11.7 Å². The lowest BCUT2D eigenvalue weighted by Gasteiger charge is -2.06. The molecular weight excluding hydrogens is 354 g/mol. The molecule has 9 heteroatoms. The van der Waals surface area contributed by atoms with Crippen LogP contribution in [0.5, 0.6) is 5.75 Å². The van der Waals surface area contributed by atoms with Gasteiger partial charge in [-0.15, -0.1) is 10.2 Å². The fourth-order valence-electron chi connectivity index (χ4n) is 2.16. The molecule has 0 fully saturated rings. The number of hydrogen-bond acceptors (Lipinski definition) is 7. The van der Waals surface area contributed by atoms with Crippen LogP contribution in [0.4, 0.5) is 5.69 Å². The predicted molar refractivity (Wildman–Crippen MR) is 98.2 cm³/mol. The molecule has 136 valence electrons. The average Bonchev–Trinajstić information content (AvgIpc) is 3.31. The van der Waals surface area contributed by atoms with Gasteiger partial charge < -0.3 is 14.5 Å². The van der Waals surface area contributed by atoms with Crippen molar-refractivity contribution < 1.29 is 13.9 Å². The van der Waals surface area contributed by atoms with Crippen molar-refractivity contribution in [2.75, 3.05) is 17.7 Å². The number of aromatic nitrogens is 4. The molecule has 3 rings (SSSR count). The number of carbonyl (C=O) groups excluding carboxylic acids is 1. The Labute approximate surface area is 154 Å². The van der Waals surface area contributed by atoms with E-state index in [0.29, 0.717) is 23.4 Å². The Hall–Kier alpha value is -2.81. The van der Waals surface area contributed by atoms with Crippen molar-refractivity contribution in [1.29, 1.82) is 0 Å². The average molecular weight is 373 g/mol. The second-order valence-corrected chi connectivity index (χ2v) is 6.18. The number of thioether (sulfide) groups is 1.